The molecule has 3 aromatic rings. The van der Waals surface area contributed by atoms with Gasteiger partial charge in [0.15, 0.2) is 5.75 Å². The van der Waals surface area contributed by atoms with E-state index in [0.29, 0.717) is 34.6 Å². The summed E-state index contributed by atoms with van der Waals surface area (Å²) in [7, 11) is 0. The number of nitro groups is 1. The van der Waals surface area contributed by atoms with E-state index in [1.54, 1.807) is 12.1 Å². The number of ether oxygens (including phenoxy) is 1. The van der Waals surface area contributed by atoms with Gasteiger partial charge >= 0.3 is 5.69 Å². The minimum Gasteiger partial charge on any atom is -0.487 e. The van der Waals surface area contributed by atoms with Crippen molar-refractivity contribution >= 4 is 39.7 Å². The number of terminal acetylenes is 1. The Hall–Kier alpha value is -3.37. The molecule has 2 aromatic carbocycles. The molecule has 0 atom stereocenters. The standard InChI is InChI=1S/C19H15ClN4O3/c1-2-13-5-3-6-14(9-13)23-19-15-10-17(24(25)26)18(27-8-4-7-20)11-16(15)21-12-22-19/h1,3,5-6,9-12H,4,7-8H2,(H,21,22,23). The van der Waals surface area contributed by atoms with Crippen molar-refractivity contribution < 1.29 is 9.66 Å². The molecular formula is C19H15ClN4O3. The maximum atomic E-state index is 11.5. The molecule has 0 aliphatic carbocycles. The van der Waals surface area contributed by atoms with Crippen LogP contribution in [-0.2, 0) is 0 Å². The van der Waals surface area contributed by atoms with Gasteiger partial charge in [-0.05, 0) is 24.6 Å². The number of nitro benzene ring substituents is 1. The van der Waals surface area contributed by atoms with Crippen molar-refractivity contribution in [3.05, 3.63) is 58.4 Å². The van der Waals surface area contributed by atoms with Crippen molar-refractivity contribution in [1.29, 1.82) is 0 Å². The van der Waals surface area contributed by atoms with E-state index < -0.39 is 4.92 Å². The zero-order valence-electron chi connectivity index (χ0n) is 14.2. The molecule has 136 valence electrons. The van der Waals surface area contributed by atoms with Crippen molar-refractivity contribution in [3.8, 4) is 18.1 Å². The molecule has 7 nitrogen and oxygen atoms in total. The minimum absolute atomic E-state index is 0.150. The van der Waals surface area contributed by atoms with Crippen LogP contribution < -0.4 is 10.1 Å². The first-order chi connectivity index (χ1) is 13.1. The van der Waals surface area contributed by atoms with Gasteiger partial charge in [0.05, 0.1) is 22.4 Å². The first kappa shape index (κ1) is 18.4. The normalized spacial score (nSPS) is 10.4. The van der Waals surface area contributed by atoms with Gasteiger partial charge in [-0.2, -0.15) is 0 Å². The Morgan fingerprint density at radius 3 is 2.89 bits per heavy atom. The zero-order chi connectivity index (χ0) is 19.2. The lowest BCUT2D eigenvalue weighted by molar-refractivity contribution is -0.385. The Kier molecular flexibility index (Phi) is 5.69. The lowest BCUT2D eigenvalue weighted by Gasteiger charge is -2.11. The van der Waals surface area contributed by atoms with E-state index in [2.05, 4.69) is 21.2 Å². The average molecular weight is 383 g/mol. The highest BCUT2D eigenvalue weighted by atomic mass is 35.5. The molecule has 1 N–H and O–H groups in total. The summed E-state index contributed by atoms with van der Waals surface area (Å²) in [5, 5.41) is 15.1. The number of rotatable bonds is 7. The lowest BCUT2D eigenvalue weighted by Crippen LogP contribution is -2.03. The molecule has 1 aromatic heterocycles. The second-order valence-electron chi connectivity index (χ2n) is 5.56. The first-order valence-electron chi connectivity index (χ1n) is 8.08. The predicted octanol–water partition coefficient (Wildman–Crippen LogP) is 4.27. The summed E-state index contributed by atoms with van der Waals surface area (Å²) in [5.74, 6) is 3.55. The summed E-state index contributed by atoms with van der Waals surface area (Å²) in [6.45, 7) is 0.283. The van der Waals surface area contributed by atoms with Gasteiger partial charge in [0.1, 0.15) is 12.1 Å². The van der Waals surface area contributed by atoms with Crippen molar-refractivity contribution in [2.45, 2.75) is 6.42 Å². The molecule has 0 unspecified atom stereocenters. The van der Waals surface area contributed by atoms with Crippen LogP contribution in [0.1, 0.15) is 12.0 Å². The molecule has 3 rings (SSSR count). The van der Waals surface area contributed by atoms with Crippen LogP contribution in [0.15, 0.2) is 42.7 Å². The van der Waals surface area contributed by atoms with Crippen LogP contribution >= 0.6 is 11.6 Å². The lowest BCUT2D eigenvalue weighted by atomic mass is 10.1. The van der Waals surface area contributed by atoms with E-state index in [9.17, 15) is 10.1 Å². The number of hydrogen-bond donors (Lipinski definition) is 1. The molecule has 0 saturated carbocycles. The number of aromatic nitrogens is 2. The number of fused-ring (bicyclic) bond motifs is 1. The largest absolute Gasteiger partial charge is 0.487 e. The van der Waals surface area contributed by atoms with Crippen molar-refractivity contribution in [2.75, 3.05) is 17.8 Å². The fraction of sp³-hybridized carbons (Fsp3) is 0.158. The van der Waals surface area contributed by atoms with Crippen molar-refractivity contribution in [3.63, 3.8) is 0 Å². The molecule has 0 fully saturated rings. The van der Waals surface area contributed by atoms with E-state index in [0.717, 1.165) is 5.69 Å². The SMILES string of the molecule is C#Cc1cccc(Nc2ncnc3cc(OCCCCl)c([N+](=O)[O-])cc23)c1. The topological polar surface area (TPSA) is 90.2 Å². The number of anilines is 2. The second kappa shape index (κ2) is 8.34. The molecule has 27 heavy (non-hydrogen) atoms. The average Bonchev–Trinajstić information content (AvgIpc) is 2.68. The molecular weight excluding hydrogens is 368 g/mol. The van der Waals surface area contributed by atoms with E-state index in [1.807, 2.05) is 12.1 Å². The Morgan fingerprint density at radius 1 is 1.30 bits per heavy atom. The summed E-state index contributed by atoms with van der Waals surface area (Å²) in [6, 6.07) is 10.2. The Morgan fingerprint density at radius 2 is 2.15 bits per heavy atom. The van der Waals surface area contributed by atoms with Crippen LogP contribution in [0.25, 0.3) is 10.9 Å². The van der Waals surface area contributed by atoms with Gasteiger partial charge in [-0.25, -0.2) is 9.97 Å². The van der Waals surface area contributed by atoms with Gasteiger partial charge < -0.3 is 10.1 Å². The van der Waals surface area contributed by atoms with Gasteiger partial charge in [-0.3, -0.25) is 10.1 Å². The smallest absolute Gasteiger partial charge is 0.311 e. The molecule has 0 spiro atoms. The maximum Gasteiger partial charge on any atom is 0.311 e. The van der Waals surface area contributed by atoms with Gasteiger partial charge in [0.25, 0.3) is 0 Å². The number of halogens is 1. The van der Waals surface area contributed by atoms with E-state index in [4.69, 9.17) is 22.8 Å². The summed E-state index contributed by atoms with van der Waals surface area (Å²) >= 11 is 5.63. The monoisotopic (exact) mass is 382 g/mol. The van der Waals surface area contributed by atoms with Crippen LogP contribution in [0.3, 0.4) is 0 Å². The summed E-state index contributed by atoms with van der Waals surface area (Å²) < 4.78 is 5.51. The number of hydrogen-bond acceptors (Lipinski definition) is 6. The maximum absolute atomic E-state index is 11.5. The number of benzene rings is 2. The highest BCUT2D eigenvalue weighted by Gasteiger charge is 2.19. The van der Waals surface area contributed by atoms with E-state index in [1.165, 1.54) is 18.5 Å². The quantitative estimate of drug-likeness (QED) is 0.216. The van der Waals surface area contributed by atoms with Gasteiger partial charge in [-0.1, -0.05) is 12.0 Å². The fourth-order valence-electron chi connectivity index (χ4n) is 2.49. The zero-order valence-corrected chi connectivity index (χ0v) is 14.9. The molecule has 0 radical (unpaired) electrons. The highest BCUT2D eigenvalue weighted by molar-refractivity contribution is 6.17. The Labute approximate surface area is 160 Å². The number of nitrogens with zero attached hydrogens (tertiary/aromatic N) is 3. The molecule has 8 heteroatoms. The molecule has 0 saturated heterocycles. The van der Waals surface area contributed by atoms with Crippen molar-refractivity contribution in [2.24, 2.45) is 0 Å². The molecule has 0 aliphatic rings. The van der Waals surface area contributed by atoms with Crippen LogP contribution in [0.5, 0.6) is 5.75 Å². The Balaban J connectivity index is 2.03. The first-order valence-corrected chi connectivity index (χ1v) is 8.61. The van der Waals surface area contributed by atoms with E-state index >= 15 is 0 Å². The summed E-state index contributed by atoms with van der Waals surface area (Å²) in [6.07, 6.45) is 7.38. The minimum atomic E-state index is -0.495. The van der Waals surface area contributed by atoms with Crippen LogP contribution in [0.2, 0.25) is 0 Å². The molecule has 1 heterocycles. The molecule has 0 bridgehead atoms. The van der Waals surface area contributed by atoms with Crippen LogP contribution in [-0.4, -0.2) is 27.4 Å². The van der Waals surface area contributed by atoms with Gasteiger partial charge in [0, 0.05) is 29.3 Å². The predicted molar refractivity (Wildman–Crippen MR) is 105 cm³/mol. The molecule has 0 aliphatic heterocycles. The number of alkyl halides is 1. The van der Waals surface area contributed by atoms with E-state index in [-0.39, 0.29) is 18.0 Å². The third-order valence-corrected chi connectivity index (χ3v) is 4.01. The van der Waals surface area contributed by atoms with Crippen LogP contribution in [0.4, 0.5) is 17.2 Å². The Bertz CT molecular complexity index is 1030. The third kappa shape index (κ3) is 4.25. The second-order valence-corrected chi connectivity index (χ2v) is 5.94. The van der Waals surface area contributed by atoms with Crippen molar-refractivity contribution in [1.82, 2.24) is 9.97 Å². The number of nitrogens with one attached hydrogen (secondary N) is 1. The highest BCUT2D eigenvalue weighted by Crippen LogP contribution is 2.34. The summed E-state index contributed by atoms with van der Waals surface area (Å²) in [4.78, 5) is 19.4. The molecule has 0 amide bonds. The van der Waals surface area contributed by atoms with Gasteiger partial charge in [0.2, 0.25) is 0 Å². The van der Waals surface area contributed by atoms with Crippen LogP contribution in [0, 0.1) is 22.5 Å². The third-order valence-electron chi connectivity index (χ3n) is 3.74. The van der Waals surface area contributed by atoms with Gasteiger partial charge in [-0.15, -0.1) is 18.0 Å². The fourth-order valence-corrected chi connectivity index (χ4v) is 2.60. The summed E-state index contributed by atoms with van der Waals surface area (Å²) in [5.41, 5.74) is 1.79.